The average molecular weight is 232 g/mol. The van der Waals surface area contributed by atoms with Crippen molar-refractivity contribution >= 4 is 0 Å². The van der Waals surface area contributed by atoms with Gasteiger partial charge in [0.05, 0.1) is 12.1 Å². The summed E-state index contributed by atoms with van der Waals surface area (Å²) < 4.78 is 5.48. The molecule has 6 nitrogen and oxygen atoms in total. The van der Waals surface area contributed by atoms with Crippen LogP contribution in [-0.4, -0.2) is 21.2 Å². The van der Waals surface area contributed by atoms with E-state index in [4.69, 9.17) is 4.42 Å². The lowest BCUT2D eigenvalue weighted by atomic mass is 10.3. The number of rotatable bonds is 4. The molecule has 2 heterocycles. The summed E-state index contributed by atoms with van der Waals surface area (Å²) in [5.41, 5.74) is 0.568. The highest BCUT2D eigenvalue weighted by Gasteiger charge is 2.21. The normalized spacial score (nSPS) is 15.1. The molecule has 2 aromatic rings. The number of nitrogens with zero attached hydrogens (tertiary/aromatic N) is 2. The van der Waals surface area contributed by atoms with Crippen molar-refractivity contribution in [3.05, 3.63) is 34.6 Å². The van der Waals surface area contributed by atoms with Crippen LogP contribution in [0.5, 0.6) is 0 Å². The number of pyridine rings is 1. The highest BCUT2D eigenvalue weighted by Crippen LogP contribution is 2.20. The number of aromatic amines is 1. The number of hydrogen-bond donors (Lipinski definition) is 2. The van der Waals surface area contributed by atoms with Gasteiger partial charge in [0.25, 0.3) is 0 Å². The molecule has 1 fully saturated rings. The van der Waals surface area contributed by atoms with Crippen molar-refractivity contribution in [1.82, 2.24) is 20.5 Å². The zero-order valence-corrected chi connectivity index (χ0v) is 9.14. The lowest BCUT2D eigenvalue weighted by Crippen LogP contribution is -2.15. The Morgan fingerprint density at radius 3 is 3.00 bits per heavy atom. The van der Waals surface area contributed by atoms with Crippen LogP contribution in [0.3, 0.4) is 0 Å². The summed E-state index contributed by atoms with van der Waals surface area (Å²) >= 11 is 0. The van der Waals surface area contributed by atoms with Gasteiger partial charge in [-0.05, 0) is 18.9 Å². The minimum atomic E-state index is -0.149. The summed E-state index contributed by atoms with van der Waals surface area (Å²) in [5, 5.41) is 11.2. The molecule has 0 bridgehead atoms. The quantitative estimate of drug-likeness (QED) is 0.809. The van der Waals surface area contributed by atoms with Crippen LogP contribution in [-0.2, 0) is 6.54 Å². The molecule has 0 aromatic carbocycles. The fourth-order valence-corrected chi connectivity index (χ4v) is 1.50. The predicted octanol–water partition coefficient (Wildman–Crippen LogP) is 0.677. The fraction of sp³-hybridized carbons (Fsp3) is 0.364. The third-order valence-electron chi connectivity index (χ3n) is 2.62. The van der Waals surface area contributed by atoms with Gasteiger partial charge in [0.15, 0.2) is 0 Å². The van der Waals surface area contributed by atoms with Crippen LogP contribution < -0.4 is 10.9 Å². The van der Waals surface area contributed by atoms with E-state index < -0.39 is 0 Å². The third kappa shape index (κ3) is 2.42. The second-order valence-corrected chi connectivity index (χ2v) is 4.10. The second kappa shape index (κ2) is 4.14. The van der Waals surface area contributed by atoms with E-state index in [0.29, 0.717) is 24.4 Å². The van der Waals surface area contributed by atoms with Crippen molar-refractivity contribution in [3.8, 4) is 11.5 Å². The van der Waals surface area contributed by atoms with Crippen LogP contribution in [0.2, 0.25) is 0 Å². The predicted molar refractivity (Wildman–Crippen MR) is 60.2 cm³/mol. The second-order valence-electron chi connectivity index (χ2n) is 4.10. The van der Waals surface area contributed by atoms with E-state index in [0.717, 1.165) is 5.56 Å². The van der Waals surface area contributed by atoms with Crippen molar-refractivity contribution in [3.63, 3.8) is 0 Å². The average Bonchev–Trinajstić information content (AvgIpc) is 3.06. The van der Waals surface area contributed by atoms with E-state index in [1.54, 1.807) is 12.3 Å². The Labute approximate surface area is 97.1 Å². The SMILES string of the molecule is O=c1ccc(-c2nnc(CNC3CC3)o2)c[nH]1. The smallest absolute Gasteiger partial charge is 0.249 e. The number of hydrogen-bond acceptors (Lipinski definition) is 5. The highest BCUT2D eigenvalue weighted by atomic mass is 16.4. The zero-order valence-electron chi connectivity index (χ0n) is 9.14. The molecule has 88 valence electrons. The van der Waals surface area contributed by atoms with Gasteiger partial charge in [-0.25, -0.2) is 0 Å². The molecular formula is C11H12N4O2. The lowest BCUT2D eigenvalue weighted by Gasteiger charge is -1.96. The van der Waals surface area contributed by atoms with Crippen LogP contribution in [0.15, 0.2) is 27.5 Å². The molecule has 1 aliphatic rings. The molecule has 0 amide bonds. The van der Waals surface area contributed by atoms with Gasteiger partial charge in [0, 0.05) is 18.3 Å². The van der Waals surface area contributed by atoms with Crippen LogP contribution in [0.25, 0.3) is 11.5 Å². The summed E-state index contributed by atoms with van der Waals surface area (Å²) in [6.45, 7) is 0.598. The third-order valence-corrected chi connectivity index (χ3v) is 2.62. The molecule has 17 heavy (non-hydrogen) atoms. The van der Waals surface area contributed by atoms with Crippen molar-refractivity contribution in [2.24, 2.45) is 0 Å². The van der Waals surface area contributed by atoms with Gasteiger partial charge in [0.2, 0.25) is 17.3 Å². The van der Waals surface area contributed by atoms with Gasteiger partial charge in [-0.15, -0.1) is 10.2 Å². The van der Waals surface area contributed by atoms with Crippen LogP contribution >= 0.6 is 0 Å². The van der Waals surface area contributed by atoms with Gasteiger partial charge in [0.1, 0.15) is 0 Å². The summed E-state index contributed by atoms with van der Waals surface area (Å²) in [6.07, 6.45) is 4.01. The Balaban J connectivity index is 1.74. The molecule has 1 aliphatic carbocycles. The lowest BCUT2D eigenvalue weighted by molar-refractivity contribution is 0.476. The summed E-state index contributed by atoms with van der Waals surface area (Å²) in [4.78, 5) is 13.5. The maximum absolute atomic E-state index is 10.9. The number of aromatic nitrogens is 3. The molecule has 0 aliphatic heterocycles. The Kier molecular flexibility index (Phi) is 2.49. The number of H-pyrrole nitrogens is 1. The Morgan fingerprint density at radius 1 is 1.41 bits per heavy atom. The van der Waals surface area contributed by atoms with Gasteiger partial charge in [-0.2, -0.15) is 0 Å². The van der Waals surface area contributed by atoms with Crippen LogP contribution in [0.4, 0.5) is 0 Å². The molecule has 2 N–H and O–H groups in total. The summed E-state index contributed by atoms with van der Waals surface area (Å²) in [5.74, 6) is 0.993. The Hall–Kier alpha value is -1.95. The maximum Gasteiger partial charge on any atom is 0.249 e. The minimum Gasteiger partial charge on any atom is -0.419 e. The van der Waals surface area contributed by atoms with Gasteiger partial charge in [-0.3, -0.25) is 4.79 Å². The highest BCUT2D eigenvalue weighted by molar-refractivity contribution is 5.49. The first-order valence-corrected chi connectivity index (χ1v) is 5.56. The van der Waals surface area contributed by atoms with E-state index in [1.807, 2.05) is 0 Å². The van der Waals surface area contributed by atoms with Gasteiger partial charge >= 0.3 is 0 Å². The molecule has 2 aromatic heterocycles. The molecule has 0 radical (unpaired) electrons. The molecule has 0 spiro atoms. The summed E-state index contributed by atoms with van der Waals surface area (Å²) in [7, 11) is 0. The van der Waals surface area contributed by atoms with E-state index in [1.165, 1.54) is 18.9 Å². The van der Waals surface area contributed by atoms with Gasteiger partial charge in [-0.1, -0.05) is 0 Å². The van der Waals surface area contributed by atoms with Crippen molar-refractivity contribution < 1.29 is 4.42 Å². The minimum absolute atomic E-state index is 0.149. The summed E-state index contributed by atoms with van der Waals surface area (Å²) in [6, 6.07) is 3.70. The fourth-order valence-electron chi connectivity index (χ4n) is 1.50. The van der Waals surface area contributed by atoms with Crippen LogP contribution in [0.1, 0.15) is 18.7 Å². The van der Waals surface area contributed by atoms with Crippen molar-refractivity contribution in [1.29, 1.82) is 0 Å². The standard InChI is InChI=1S/C11H12N4O2/c16-9-4-1-7(5-13-9)11-15-14-10(17-11)6-12-8-2-3-8/h1,4-5,8,12H,2-3,6H2,(H,13,16). The van der Waals surface area contributed by atoms with Crippen molar-refractivity contribution in [2.45, 2.75) is 25.4 Å². The first-order chi connectivity index (χ1) is 8.31. The first-order valence-electron chi connectivity index (χ1n) is 5.56. The maximum atomic E-state index is 10.9. The van der Waals surface area contributed by atoms with Gasteiger partial charge < -0.3 is 14.7 Å². The molecule has 0 atom stereocenters. The van der Waals surface area contributed by atoms with Crippen LogP contribution in [0, 0.1) is 0 Å². The number of nitrogens with one attached hydrogen (secondary N) is 2. The molecule has 1 saturated carbocycles. The molecular weight excluding hydrogens is 220 g/mol. The van der Waals surface area contributed by atoms with Crippen molar-refractivity contribution in [2.75, 3.05) is 0 Å². The Morgan fingerprint density at radius 2 is 2.29 bits per heavy atom. The zero-order chi connectivity index (χ0) is 11.7. The van der Waals surface area contributed by atoms with E-state index in [9.17, 15) is 4.79 Å². The Bertz CT molecular complexity index is 550. The van der Waals surface area contributed by atoms with E-state index in [-0.39, 0.29) is 5.56 Å². The topological polar surface area (TPSA) is 83.8 Å². The molecule has 0 saturated heterocycles. The molecule has 6 heteroatoms. The first kappa shape index (κ1) is 10.2. The molecule has 0 unspecified atom stereocenters. The molecule has 3 rings (SSSR count). The monoisotopic (exact) mass is 232 g/mol. The van der Waals surface area contributed by atoms with E-state index in [2.05, 4.69) is 20.5 Å². The largest absolute Gasteiger partial charge is 0.419 e. The van der Waals surface area contributed by atoms with E-state index >= 15 is 0 Å².